The van der Waals surface area contributed by atoms with Crippen LogP contribution in [0.1, 0.15) is 40.2 Å². The van der Waals surface area contributed by atoms with Crippen LogP contribution in [-0.2, 0) is 11.2 Å². The number of hydrogen-bond acceptors (Lipinski definition) is 4. The molecule has 0 aliphatic carbocycles. The molecule has 0 saturated carbocycles. The van der Waals surface area contributed by atoms with E-state index in [0.29, 0.717) is 22.7 Å². The van der Waals surface area contributed by atoms with Gasteiger partial charge in [0.15, 0.2) is 6.10 Å². The first-order valence-electron chi connectivity index (χ1n) is 7.63. The molecule has 0 aliphatic rings. The number of carbonyl (C=O) groups excluding carboxylic acids is 1. The van der Waals surface area contributed by atoms with Crippen LogP contribution in [0, 0.1) is 0 Å². The second-order valence-corrected chi connectivity index (χ2v) is 5.71. The van der Waals surface area contributed by atoms with Crippen molar-refractivity contribution in [1.82, 2.24) is 5.16 Å². The van der Waals surface area contributed by atoms with E-state index in [9.17, 15) is 4.79 Å². The van der Waals surface area contributed by atoms with Gasteiger partial charge in [0.25, 0.3) is 0 Å². The Balaban J connectivity index is 1.93. The van der Waals surface area contributed by atoms with E-state index in [1.165, 1.54) is 6.26 Å². The summed E-state index contributed by atoms with van der Waals surface area (Å²) in [6.45, 7) is 1.91. The minimum atomic E-state index is -0.532. The second-order valence-electron chi connectivity index (χ2n) is 5.28. The first kappa shape index (κ1) is 16.3. The lowest BCUT2D eigenvalue weighted by atomic mass is 10.0. The number of carbonyl (C=O) groups is 1. The molecule has 3 aromatic rings. The van der Waals surface area contributed by atoms with Gasteiger partial charge in [-0.05, 0) is 29.7 Å². The van der Waals surface area contributed by atoms with Gasteiger partial charge >= 0.3 is 5.97 Å². The molecular formula is C19H16ClNO3. The quantitative estimate of drug-likeness (QED) is 0.623. The lowest BCUT2D eigenvalue weighted by Gasteiger charge is -2.18. The number of hydrogen-bond donors (Lipinski definition) is 0. The van der Waals surface area contributed by atoms with E-state index in [2.05, 4.69) is 5.16 Å². The monoisotopic (exact) mass is 341 g/mol. The predicted octanol–water partition coefficient (Wildman–Crippen LogP) is 4.84. The predicted molar refractivity (Wildman–Crippen MR) is 91.0 cm³/mol. The van der Waals surface area contributed by atoms with Gasteiger partial charge in [0.05, 0.1) is 5.69 Å². The molecule has 3 rings (SSSR count). The lowest BCUT2D eigenvalue weighted by molar-refractivity contribution is 0.0376. The molecule has 0 aliphatic heterocycles. The van der Waals surface area contributed by atoms with Gasteiger partial charge in [-0.2, -0.15) is 0 Å². The first-order chi connectivity index (χ1) is 11.7. The largest absolute Gasteiger partial charge is 0.449 e. The highest BCUT2D eigenvalue weighted by Gasteiger charge is 2.23. The van der Waals surface area contributed by atoms with E-state index < -0.39 is 12.1 Å². The molecule has 0 spiro atoms. The summed E-state index contributed by atoms with van der Waals surface area (Å²) in [7, 11) is 0. The molecular weight excluding hydrogens is 326 g/mol. The summed E-state index contributed by atoms with van der Waals surface area (Å²) in [4.78, 5) is 12.6. The van der Waals surface area contributed by atoms with Crippen molar-refractivity contribution in [3.63, 3.8) is 0 Å². The SMILES string of the molecule is CCc1nocc1C(=O)OC(c1ccccc1)c1ccc(Cl)cc1. The normalized spacial score (nSPS) is 11.9. The van der Waals surface area contributed by atoms with E-state index in [0.717, 1.165) is 11.1 Å². The molecule has 5 heteroatoms. The van der Waals surface area contributed by atoms with Gasteiger partial charge in [0, 0.05) is 5.02 Å². The van der Waals surface area contributed by atoms with Gasteiger partial charge in [-0.25, -0.2) is 4.79 Å². The van der Waals surface area contributed by atoms with Crippen molar-refractivity contribution in [3.8, 4) is 0 Å². The number of aryl methyl sites for hydroxylation is 1. The number of ether oxygens (including phenoxy) is 1. The van der Waals surface area contributed by atoms with Gasteiger partial charge in [0.2, 0.25) is 0 Å². The number of nitrogens with zero attached hydrogens (tertiary/aromatic N) is 1. The van der Waals surface area contributed by atoms with E-state index >= 15 is 0 Å². The van der Waals surface area contributed by atoms with Crippen LogP contribution in [0.4, 0.5) is 0 Å². The zero-order valence-corrected chi connectivity index (χ0v) is 13.9. The number of rotatable bonds is 5. The highest BCUT2D eigenvalue weighted by molar-refractivity contribution is 6.30. The van der Waals surface area contributed by atoms with Crippen LogP contribution in [0.2, 0.25) is 5.02 Å². The Labute approximate surface area is 145 Å². The van der Waals surface area contributed by atoms with Gasteiger partial charge in [0.1, 0.15) is 11.8 Å². The number of benzene rings is 2. The van der Waals surface area contributed by atoms with Crippen LogP contribution in [0.25, 0.3) is 0 Å². The highest BCUT2D eigenvalue weighted by Crippen LogP contribution is 2.28. The van der Waals surface area contributed by atoms with E-state index in [1.54, 1.807) is 12.1 Å². The van der Waals surface area contributed by atoms with E-state index in [4.69, 9.17) is 20.9 Å². The van der Waals surface area contributed by atoms with Crippen molar-refractivity contribution in [2.45, 2.75) is 19.4 Å². The minimum Gasteiger partial charge on any atom is -0.449 e. The topological polar surface area (TPSA) is 52.3 Å². The fraction of sp³-hybridized carbons (Fsp3) is 0.158. The van der Waals surface area contributed by atoms with Crippen LogP contribution in [0.15, 0.2) is 65.4 Å². The average molecular weight is 342 g/mol. The maximum atomic E-state index is 12.6. The standard InChI is InChI=1S/C19H16ClNO3/c1-2-17-16(12-23-21-17)19(22)24-18(13-6-4-3-5-7-13)14-8-10-15(20)11-9-14/h3-12,18H,2H2,1H3. The van der Waals surface area contributed by atoms with E-state index in [1.807, 2.05) is 49.4 Å². The summed E-state index contributed by atoms with van der Waals surface area (Å²) in [5.41, 5.74) is 2.66. The molecule has 24 heavy (non-hydrogen) atoms. The third kappa shape index (κ3) is 3.49. The summed E-state index contributed by atoms with van der Waals surface area (Å²) in [6, 6.07) is 16.8. The molecule has 0 N–H and O–H groups in total. The number of aromatic nitrogens is 1. The van der Waals surface area contributed by atoms with Crippen LogP contribution < -0.4 is 0 Å². The Kier molecular flexibility index (Phi) is 4.96. The Morgan fingerprint density at radius 1 is 1.12 bits per heavy atom. The van der Waals surface area contributed by atoms with Gasteiger partial charge in [-0.3, -0.25) is 0 Å². The summed E-state index contributed by atoms with van der Waals surface area (Å²) >= 11 is 5.96. The third-order valence-electron chi connectivity index (χ3n) is 3.70. The summed E-state index contributed by atoms with van der Waals surface area (Å²) in [5, 5.41) is 4.46. The molecule has 122 valence electrons. The molecule has 0 saturated heterocycles. The molecule has 0 radical (unpaired) electrons. The van der Waals surface area contributed by atoms with Crippen LogP contribution in [-0.4, -0.2) is 11.1 Å². The molecule has 1 heterocycles. The molecule has 1 aromatic heterocycles. The van der Waals surface area contributed by atoms with Crippen molar-refractivity contribution >= 4 is 17.6 Å². The van der Waals surface area contributed by atoms with Crippen molar-refractivity contribution in [1.29, 1.82) is 0 Å². The second kappa shape index (κ2) is 7.32. The Hall–Kier alpha value is -2.59. The van der Waals surface area contributed by atoms with Crippen molar-refractivity contribution in [2.75, 3.05) is 0 Å². The van der Waals surface area contributed by atoms with Crippen molar-refractivity contribution in [3.05, 3.63) is 88.3 Å². The van der Waals surface area contributed by atoms with E-state index in [-0.39, 0.29) is 0 Å². The fourth-order valence-electron chi connectivity index (χ4n) is 2.45. The van der Waals surface area contributed by atoms with Gasteiger partial charge in [-0.15, -0.1) is 0 Å². The van der Waals surface area contributed by atoms with Crippen LogP contribution in [0.5, 0.6) is 0 Å². The van der Waals surface area contributed by atoms with Crippen molar-refractivity contribution in [2.24, 2.45) is 0 Å². The van der Waals surface area contributed by atoms with Crippen LogP contribution >= 0.6 is 11.6 Å². The zero-order valence-electron chi connectivity index (χ0n) is 13.1. The number of halogens is 1. The third-order valence-corrected chi connectivity index (χ3v) is 3.95. The zero-order chi connectivity index (χ0) is 16.9. The minimum absolute atomic E-state index is 0.354. The molecule has 0 amide bonds. The van der Waals surface area contributed by atoms with Crippen LogP contribution in [0.3, 0.4) is 0 Å². The van der Waals surface area contributed by atoms with Gasteiger partial charge in [-0.1, -0.05) is 66.1 Å². The van der Waals surface area contributed by atoms with Gasteiger partial charge < -0.3 is 9.26 Å². The molecule has 2 aromatic carbocycles. The summed E-state index contributed by atoms with van der Waals surface area (Å²) < 4.78 is 10.7. The molecule has 0 bridgehead atoms. The maximum absolute atomic E-state index is 12.6. The highest BCUT2D eigenvalue weighted by atomic mass is 35.5. The first-order valence-corrected chi connectivity index (χ1v) is 8.01. The Morgan fingerprint density at radius 2 is 1.79 bits per heavy atom. The Bertz CT molecular complexity index is 812. The smallest absolute Gasteiger partial charge is 0.344 e. The molecule has 1 unspecified atom stereocenters. The Morgan fingerprint density at radius 3 is 2.46 bits per heavy atom. The molecule has 1 atom stereocenters. The molecule has 0 fully saturated rings. The lowest BCUT2D eigenvalue weighted by Crippen LogP contribution is -2.14. The number of esters is 1. The summed E-state index contributed by atoms with van der Waals surface area (Å²) in [5.74, 6) is -0.461. The fourth-order valence-corrected chi connectivity index (χ4v) is 2.57. The van der Waals surface area contributed by atoms with Crippen molar-refractivity contribution < 1.29 is 14.1 Å². The average Bonchev–Trinajstić information content (AvgIpc) is 3.10. The maximum Gasteiger partial charge on any atom is 0.344 e. The molecule has 4 nitrogen and oxygen atoms in total. The summed E-state index contributed by atoms with van der Waals surface area (Å²) in [6.07, 6.45) is 1.39.